The molecule has 1 atom stereocenters. The van der Waals surface area contributed by atoms with Crippen LogP contribution in [0.3, 0.4) is 0 Å². The van der Waals surface area contributed by atoms with E-state index in [1.807, 2.05) is 0 Å². The number of nitrogens with zero attached hydrogens (tertiary/aromatic N) is 2. The number of anilines is 1. The predicted octanol–water partition coefficient (Wildman–Crippen LogP) is 1.11. The molecule has 1 unspecified atom stereocenters. The van der Waals surface area contributed by atoms with Crippen LogP contribution in [0.1, 0.15) is 6.92 Å². The second-order valence-corrected chi connectivity index (χ2v) is 3.31. The third kappa shape index (κ3) is 3.32. The minimum atomic E-state index is -0.589. The molecular weight excluding hydrogens is 234 g/mol. The molecule has 1 heterocycles. The first-order chi connectivity index (χ1) is 7.56. The van der Waals surface area contributed by atoms with Crippen LogP contribution in [0.25, 0.3) is 0 Å². The monoisotopic (exact) mass is 245 g/mol. The Labute approximate surface area is 97.9 Å². The van der Waals surface area contributed by atoms with Gasteiger partial charge < -0.3 is 9.47 Å². The smallest absolute Gasteiger partial charge is 0.255 e. The summed E-state index contributed by atoms with van der Waals surface area (Å²) >= 11 is 5.71. The van der Waals surface area contributed by atoms with Crippen molar-refractivity contribution in [2.24, 2.45) is 0 Å². The van der Waals surface area contributed by atoms with Gasteiger partial charge in [0, 0.05) is 13.2 Å². The van der Waals surface area contributed by atoms with E-state index >= 15 is 0 Å². The minimum Gasteiger partial charge on any atom is -0.481 e. The molecule has 0 saturated heterocycles. The zero-order valence-corrected chi connectivity index (χ0v) is 9.91. The van der Waals surface area contributed by atoms with Crippen LogP contribution in [0.15, 0.2) is 6.07 Å². The van der Waals surface area contributed by atoms with E-state index in [0.717, 1.165) is 0 Å². The molecule has 0 aromatic carbocycles. The van der Waals surface area contributed by atoms with Gasteiger partial charge in [-0.05, 0) is 6.92 Å². The highest BCUT2D eigenvalue weighted by Gasteiger charge is 2.14. The summed E-state index contributed by atoms with van der Waals surface area (Å²) in [5, 5.41) is 2.64. The number of carbonyl (C=O) groups excluding carboxylic acids is 1. The zero-order chi connectivity index (χ0) is 12.1. The first kappa shape index (κ1) is 12.7. The lowest BCUT2D eigenvalue weighted by Crippen LogP contribution is -2.27. The van der Waals surface area contributed by atoms with E-state index in [0.29, 0.717) is 0 Å². The number of amides is 1. The van der Waals surface area contributed by atoms with Crippen molar-refractivity contribution < 1.29 is 14.3 Å². The van der Waals surface area contributed by atoms with E-state index in [9.17, 15) is 4.79 Å². The number of aromatic nitrogens is 2. The Bertz CT molecular complexity index is 386. The van der Waals surface area contributed by atoms with Gasteiger partial charge in [0.1, 0.15) is 11.3 Å². The molecule has 1 rings (SSSR count). The molecule has 0 fully saturated rings. The van der Waals surface area contributed by atoms with Gasteiger partial charge in [0.15, 0.2) is 0 Å². The lowest BCUT2D eigenvalue weighted by Gasteiger charge is -2.09. The highest BCUT2D eigenvalue weighted by Crippen LogP contribution is 2.15. The Morgan fingerprint density at radius 2 is 2.19 bits per heavy atom. The highest BCUT2D eigenvalue weighted by atomic mass is 35.5. The average Bonchev–Trinajstić information content (AvgIpc) is 2.26. The Morgan fingerprint density at radius 3 is 2.75 bits per heavy atom. The van der Waals surface area contributed by atoms with Gasteiger partial charge in [-0.15, -0.1) is 0 Å². The SMILES string of the molecule is COc1cc(Cl)nc(NC(=O)C(C)OC)n1. The molecule has 0 bridgehead atoms. The lowest BCUT2D eigenvalue weighted by atomic mass is 10.4. The van der Waals surface area contributed by atoms with Gasteiger partial charge >= 0.3 is 0 Å². The first-order valence-electron chi connectivity index (χ1n) is 4.49. The molecule has 0 aliphatic carbocycles. The Hall–Kier alpha value is -1.40. The number of halogens is 1. The summed E-state index contributed by atoms with van der Waals surface area (Å²) in [5.41, 5.74) is 0. The van der Waals surface area contributed by atoms with E-state index in [2.05, 4.69) is 15.3 Å². The Kier molecular flexibility index (Phi) is 4.45. The summed E-state index contributed by atoms with van der Waals surface area (Å²) < 4.78 is 9.73. The highest BCUT2D eigenvalue weighted by molar-refractivity contribution is 6.29. The molecule has 0 aliphatic heterocycles. The van der Waals surface area contributed by atoms with Crippen molar-refractivity contribution in [1.29, 1.82) is 0 Å². The molecule has 0 radical (unpaired) electrons. The average molecular weight is 246 g/mol. The van der Waals surface area contributed by atoms with E-state index in [1.54, 1.807) is 6.92 Å². The van der Waals surface area contributed by atoms with Crippen LogP contribution in [0.5, 0.6) is 5.88 Å². The molecule has 7 heteroatoms. The normalized spacial score (nSPS) is 12.0. The second-order valence-electron chi connectivity index (χ2n) is 2.92. The van der Waals surface area contributed by atoms with Gasteiger partial charge in [0.05, 0.1) is 7.11 Å². The lowest BCUT2D eigenvalue weighted by molar-refractivity contribution is -0.124. The number of ether oxygens (including phenoxy) is 2. The van der Waals surface area contributed by atoms with Crippen LogP contribution in [-0.4, -0.2) is 36.2 Å². The van der Waals surface area contributed by atoms with Crippen LogP contribution >= 0.6 is 11.6 Å². The number of hydrogen-bond donors (Lipinski definition) is 1. The fourth-order valence-electron chi connectivity index (χ4n) is 0.876. The van der Waals surface area contributed by atoms with E-state index < -0.39 is 6.10 Å². The predicted molar refractivity (Wildman–Crippen MR) is 58.7 cm³/mol. The van der Waals surface area contributed by atoms with Gasteiger partial charge in [0.25, 0.3) is 5.91 Å². The fourth-order valence-corrected chi connectivity index (χ4v) is 1.05. The quantitative estimate of drug-likeness (QED) is 0.805. The number of carbonyl (C=O) groups is 1. The Balaban J connectivity index is 2.81. The number of hydrogen-bond acceptors (Lipinski definition) is 5. The summed E-state index contributed by atoms with van der Waals surface area (Å²) in [6, 6.07) is 1.44. The van der Waals surface area contributed by atoms with Crippen molar-refractivity contribution in [2.75, 3.05) is 19.5 Å². The largest absolute Gasteiger partial charge is 0.481 e. The third-order valence-electron chi connectivity index (χ3n) is 1.84. The first-order valence-corrected chi connectivity index (χ1v) is 4.87. The molecule has 0 aliphatic rings. The molecular formula is C9H12ClN3O3. The fraction of sp³-hybridized carbons (Fsp3) is 0.444. The minimum absolute atomic E-state index is 0.0817. The van der Waals surface area contributed by atoms with Crippen LogP contribution in [-0.2, 0) is 9.53 Å². The summed E-state index contributed by atoms with van der Waals surface area (Å²) in [6.45, 7) is 1.61. The second kappa shape index (κ2) is 5.62. The standard InChI is InChI=1S/C9H12ClN3O3/c1-5(15-2)8(14)13-9-11-6(10)4-7(12-9)16-3/h4-5H,1-3H3,(H,11,12,13,14). The molecule has 1 aromatic rings. The van der Waals surface area contributed by atoms with Crippen LogP contribution in [0, 0.1) is 0 Å². The van der Waals surface area contributed by atoms with Crippen molar-refractivity contribution in [3.63, 3.8) is 0 Å². The molecule has 16 heavy (non-hydrogen) atoms. The van der Waals surface area contributed by atoms with E-state index in [4.69, 9.17) is 21.1 Å². The number of rotatable bonds is 4. The van der Waals surface area contributed by atoms with Crippen molar-refractivity contribution >= 4 is 23.5 Å². The molecule has 1 aromatic heterocycles. The summed E-state index contributed by atoms with van der Waals surface area (Å²) in [5.74, 6) is 0.00504. The molecule has 88 valence electrons. The maximum atomic E-state index is 11.5. The maximum absolute atomic E-state index is 11.5. The molecule has 0 saturated carbocycles. The topological polar surface area (TPSA) is 73.3 Å². The van der Waals surface area contributed by atoms with Crippen LogP contribution < -0.4 is 10.1 Å². The van der Waals surface area contributed by atoms with Gasteiger partial charge in [-0.2, -0.15) is 4.98 Å². The summed E-state index contributed by atoms with van der Waals surface area (Å²) in [6.07, 6.45) is -0.589. The van der Waals surface area contributed by atoms with E-state index in [-0.39, 0.29) is 22.9 Å². The van der Waals surface area contributed by atoms with Crippen molar-refractivity contribution in [3.05, 3.63) is 11.2 Å². The van der Waals surface area contributed by atoms with Crippen LogP contribution in [0.4, 0.5) is 5.95 Å². The van der Waals surface area contributed by atoms with Gasteiger partial charge in [-0.3, -0.25) is 10.1 Å². The van der Waals surface area contributed by atoms with Gasteiger partial charge in [0.2, 0.25) is 11.8 Å². The maximum Gasteiger partial charge on any atom is 0.255 e. The molecule has 1 N–H and O–H groups in total. The Morgan fingerprint density at radius 1 is 1.50 bits per heavy atom. The molecule has 6 nitrogen and oxygen atoms in total. The van der Waals surface area contributed by atoms with Crippen molar-refractivity contribution in [2.45, 2.75) is 13.0 Å². The number of nitrogens with one attached hydrogen (secondary N) is 1. The molecule has 0 spiro atoms. The zero-order valence-electron chi connectivity index (χ0n) is 9.15. The van der Waals surface area contributed by atoms with Gasteiger partial charge in [-0.1, -0.05) is 11.6 Å². The summed E-state index contributed by atoms with van der Waals surface area (Å²) in [7, 11) is 2.88. The summed E-state index contributed by atoms with van der Waals surface area (Å²) in [4.78, 5) is 19.2. The van der Waals surface area contributed by atoms with Crippen molar-refractivity contribution in [3.8, 4) is 5.88 Å². The third-order valence-corrected chi connectivity index (χ3v) is 2.03. The number of methoxy groups -OCH3 is 2. The van der Waals surface area contributed by atoms with E-state index in [1.165, 1.54) is 20.3 Å². The van der Waals surface area contributed by atoms with Crippen LogP contribution in [0.2, 0.25) is 5.15 Å². The van der Waals surface area contributed by atoms with Crippen molar-refractivity contribution in [1.82, 2.24) is 9.97 Å². The molecule has 1 amide bonds. The van der Waals surface area contributed by atoms with Gasteiger partial charge in [-0.25, -0.2) is 4.98 Å².